The summed E-state index contributed by atoms with van der Waals surface area (Å²) in [5.41, 5.74) is 5.42. The molecule has 9 nitrogen and oxygen atoms in total. The topological polar surface area (TPSA) is 100 Å². The van der Waals surface area contributed by atoms with Crippen LogP contribution < -0.4 is 0 Å². The highest BCUT2D eigenvalue weighted by Gasteiger charge is 2.35. The van der Waals surface area contributed by atoms with Crippen molar-refractivity contribution in [2.45, 2.75) is 38.6 Å². The zero-order chi connectivity index (χ0) is 29.1. The van der Waals surface area contributed by atoms with Crippen LogP contribution in [0.3, 0.4) is 0 Å². The molecule has 1 aliphatic rings. The number of pyridine rings is 1. The molecule has 0 saturated carbocycles. The monoisotopic (exact) mass is 587 g/mol. The fraction of sp³-hybridized carbons (Fsp3) is 0.393. The van der Waals surface area contributed by atoms with Crippen LogP contribution in [0, 0.1) is 0 Å². The fourth-order valence-electron chi connectivity index (χ4n) is 5.02. The minimum absolute atomic E-state index is 0.000144. The Morgan fingerprint density at radius 3 is 2.61 bits per heavy atom. The third-order valence-electron chi connectivity index (χ3n) is 7.17. The Bertz CT molecular complexity index is 1540. The Kier molecular flexibility index (Phi) is 8.52. The maximum atomic E-state index is 12.6. The molecule has 0 aliphatic carbocycles. The van der Waals surface area contributed by atoms with Gasteiger partial charge in [-0.25, -0.2) is 15.0 Å². The number of methoxy groups -OCH3 is 1. The lowest BCUT2D eigenvalue weighted by Crippen LogP contribution is -2.50. The maximum Gasteiger partial charge on any atom is 0.397 e. The number of alkyl halides is 3. The fourth-order valence-corrected chi connectivity index (χ4v) is 5.33. The van der Waals surface area contributed by atoms with Crippen molar-refractivity contribution in [1.29, 1.82) is 0 Å². The van der Waals surface area contributed by atoms with Gasteiger partial charge in [-0.1, -0.05) is 11.6 Å². The van der Waals surface area contributed by atoms with Gasteiger partial charge >= 0.3 is 6.18 Å². The van der Waals surface area contributed by atoms with Crippen LogP contribution in [-0.2, 0) is 22.6 Å². The number of carbonyl (C=O) groups excluding carboxylic acids is 1. The summed E-state index contributed by atoms with van der Waals surface area (Å²) >= 11 is 6.76. The Morgan fingerprint density at radius 2 is 1.88 bits per heavy atom. The van der Waals surface area contributed by atoms with Gasteiger partial charge in [-0.15, -0.1) is 0 Å². The van der Waals surface area contributed by atoms with Gasteiger partial charge in [0.1, 0.15) is 24.1 Å². The van der Waals surface area contributed by atoms with E-state index >= 15 is 0 Å². The molecular formula is C28H29ClF3N7O2. The van der Waals surface area contributed by atoms with E-state index in [2.05, 4.69) is 24.8 Å². The number of imidazole rings is 1. The highest BCUT2D eigenvalue weighted by Crippen LogP contribution is 2.33. The van der Waals surface area contributed by atoms with Crippen molar-refractivity contribution in [2.24, 2.45) is 0 Å². The lowest BCUT2D eigenvalue weighted by Gasteiger charge is -2.38. The number of amides is 1. The quantitative estimate of drug-likeness (QED) is 0.311. The van der Waals surface area contributed by atoms with Crippen molar-refractivity contribution in [2.75, 3.05) is 33.3 Å². The average molecular weight is 588 g/mol. The number of hydrogen-bond acceptors (Lipinski definition) is 7. The van der Waals surface area contributed by atoms with Crippen LogP contribution in [0.1, 0.15) is 42.2 Å². The number of aromatic amines is 1. The number of aromatic nitrogens is 5. The summed E-state index contributed by atoms with van der Waals surface area (Å²) in [6, 6.07) is 9.57. The van der Waals surface area contributed by atoms with Gasteiger partial charge in [0.05, 0.1) is 28.5 Å². The van der Waals surface area contributed by atoms with E-state index in [9.17, 15) is 18.0 Å². The van der Waals surface area contributed by atoms with Crippen LogP contribution in [-0.4, -0.2) is 80.1 Å². The van der Waals surface area contributed by atoms with Gasteiger partial charge in [-0.05, 0) is 42.8 Å². The van der Waals surface area contributed by atoms with Crippen LogP contribution in [0.2, 0.25) is 5.02 Å². The zero-order valence-electron chi connectivity index (χ0n) is 22.6. The normalized spacial score (nSPS) is 15.4. The maximum absolute atomic E-state index is 12.6. The standard InChI is InChI=1S/C28H29ClF3N7O2/c1-17(38-7-9-39(10-8-38)25(40)14-28(30,31)32)18-5-6-33-19(11-18)13-24-36-22-4-3-21(26(29)27(22)37-24)23-12-20(15-41-2)34-16-35-23/h3-6,11-12,16-17H,7-10,13-15H2,1-2H3,(H,36,37). The van der Waals surface area contributed by atoms with Crippen LogP contribution in [0.15, 0.2) is 42.9 Å². The number of hydrogen-bond donors (Lipinski definition) is 1. The number of H-pyrrole nitrogens is 1. The van der Waals surface area contributed by atoms with Crippen LogP contribution in [0.4, 0.5) is 13.2 Å². The predicted molar refractivity (Wildman–Crippen MR) is 147 cm³/mol. The first-order chi connectivity index (χ1) is 19.6. The molecule has 5 rings (SSSR count). The molecule has 0 spiro atoms. The predicted octanol–water partition coefficient (Wildman–Crippen LogP) is 4.96. The summed E-state index contributed by atoms with van der Waals surface area (Å²) in [6.45, 7) is 3.92. The van der Waals surface area contributed by atoms with Crippen LogP contribution in [0.25, 0.3) is 22.3 Å². The second-order valence-electron chi connectivity index (χ2n) is 9.98. The van der Waals surface area contributed by atoms with Crippen molar-refractivity contribution >= 4 is 28.5 Å². The van der Waals surface area contributed by atoms with Crippen molar-refractivity contribution in [3.63, 3.8) is 0 Å². The molecule has 41 heavy (non-hydrogen) atoms. The molecule has 4 heterocycles. The largest absolute Gasteiger partial charge is 0.397 e. The number of nitrogens with one attached hydrogen (secondary N) is 1. The third kappa shape index (κ3) is 6.83. The van der Waals surface area contributed by atoms with Crippen molar-refractivity contribution in [3.05, 3.63) is 70.7 Å². The number of nitrogens with zero attached hydrogens (tertiary/aromatic N) is 6. The van der Waals surface area contributed by atoms with Crippen molar-refractivity contribution in [1.82, 2.24) is 34.7 Å². The highest BCUT2D eigenvalue weighted by molar-refractivity contribution is 6.37. The number of halogens is 4. The summed E-state index contributed by atoms with van der Waals surface area (Å²) in [7, 11) is 1.60. The van der Waals surface area contributed by atoms with Gasteiger partial charge in [0.15, 0.2) is 0 Å². The summed E-state index contributed by atoms with van der Waals surface area (Å²) in [5, 5.41) is 0.482. The third-order valence-corrected chi connectivity index (χ3v) is 7.55. The van der Waals surface area contributed by atoms with Gasteiger partial charge in [-0.2, -0.15) is 13.2 Å². The smallest absolute Gasteiger partial charge is 0.378 e. The average Bonchev–Trinajstić information content (AvgIpc) is 3.36. The lowest BCUT2D eigenvalue weighted by atomic mass is 10.1. The molecule has 1 aliphatic heterocycles. The zero-order valence-corrected chi connectivity index (χ0v) is 23.3. The molecule has 1 atom stereocenters. The molecule has 0 radical (unpaired) electrons. The van der Waals surface area contributed by atoms with Gasteiger partial charge in [0, 0.05) is 63.2 Å². The van der Waals surface area contributed by atoms with Gasteiger partial charge in [0.25, 0.3) is 0 Å². The number of carbonyl (C=O) groups is 1. The van der Waals surface area contributed by atoms with Crippen LogP contribution in [0.5, 0.6) is 0 Å². The summed E-state index contributed by atoms with van der Waals surface area (Å²) in [6.07, 6.45) is -2.24. The Labute approximate surface area is 239 Å². The van der Waals surface area contributed by atoms with E-state index in [1.54, 1.807) is 13.3 Å². The second kappa shape index (κ2) is 12.1. The molecule has 3 aromatic heterocycles. The highest BCUT2D eigenvalue weighted by atomic mass is 35.5. The number of rotatable bonds is 8. The number of fused-ring (bicyclic) bond motifs is 1. The van der Waals surface area contributed by atoms with Crippen molar-refractivity contribution in [3.8, 4) is 11.3 Å². The second-order valence-corrected chi connectivity index (χ2v) is 10.4. The van der Waals surface area contributed by atoms with E-state index in [1.807, 2.05) is 37.3 Å². The Morgan fingerprint density at radius 1 is 1.10 bits per heavy atom. The number of piperazine rings is 1. The number of ether oxygens (including phenoxy) is 1. The molecule has 1 aromatic carbocycles. The number of benzene rings is 1. The minimum atomic E-state index is -4.49. The van der Waals surface area contributed by atoms with E-state index < -0.39 is 18.5 Å². The van der Waals surface area contributed by atoms with E-state index in [0.717, 1.165) is 28.0 Å². The van der Waals surface area contributed by atoms with Gasteiger partial charge in [0.2, 0.25) is 5.91 Å². The summed E-state index contributed by atoms with van der Waals surface area (Å²) in [4.78, 5) is 36.5. The van der Waals surface area contributed by atoms with E-state index in [1.165, 1.54) is 11.2 Å². The van der Waals surface area contributed by atoms with Gasteiger partial charge in [-0.3, -0.25) is 14.7 Å². The molecule has 0 bridgehead atoms. The van der Waals surface area contributed by atoms with Crippen LogP contribution >= 0.6 is 11.6 Å². The first-order valence-corrected chi connectivity index (χ1v) is 13.5. The van der Waals surface area contributed by atoms with E-state index in [0.29, 0.717) is 48.2 Å². The molecule has 13 heteroatoms. The molecule has 216 valence electrons. The first-order valence-electron chi connectivity index (χ1n) is 13.1. The summed E-state index contributed by atoms with van der Waals surface area (Å²) in [5.74, 6) is -0.169. The van der Waals surface area contributed by atoms with Gasteiger partial charge < -0.3 is 14.6 Å². The van der Waals surface area contributed by atoms with E-state index in [4.69, 9.17) is 21.3 Å². The Balaban J connectivity index is 1.27. The lowest BCUT2D eigenvalue weighted by molar-refractivity contribution is -0.162. The summed E-state index contributed by atoms with van der Waals surface area (Å²) < 4.78 is 43.0. The Hall–Kier alpha value is -3.61. The molecule has 1 saturated heterocycles. The minimum Gasteiger partial charge on any atom is -0.378 e. The molecule has 1 amide bonds. The SMILES string of the molecule is COCc1cc(-c2ccc3[nH]c(Cc4cc(C(C)N5CCN(C(=O)CC(F)(F)F)CC5)ccn4)nc3c2Cl)ncn1. The molecule has 1 fully saturated rings. The molecule has 4 aromatic rings. The molecular weight excluding hydrogens is 559 g/mol. The molecule has 1 unspecified atom stereocenters. The molecule has 1 N–H and O–H groups in total. The van der Waals surface area contributed by atoms with E-state index in [-0.39, 0.29) is 19.1 Å². The van der Waals surface area contributed by atoms with Crippen molar-refractivity contribution < 1.29 is 22.7 Å². The first kappa shape index (κ1) is 28.9.